The smallest absolute Gasteiger partial charge is 0.178 e. The first-order valence-corrected chi connectivity index (χ1v) is 11.3. The fourth-order valence-corrected chi connectivity index (χ4v) is 7.62. The lowest BCUT2D eigenvalue weighted by Gasteiger charge is -2.63. The van der Waals surface area contributed by atoms with Gasteiger partial charge in [0.1, 0.15) is 11.8 Å². The Morgan fingerprint density at radius 1 is 1.23 bits per heavy atom. The highest BCUT2D eigenvalue weighted by Crippen LogP contribution is 2.71. The lowest BCUT2D eigenvalue weighted by molar-refractivity contribution is -0.233. The Morgan fingerprint density at radius 3 is 2.67 bits per heavy atom. The van der Waals surface area contributed by atoms with Gasteiger partial charge in [0, 0.05) is 16.7 Å². The third kappa shape index (κ3) is 2.23. The molecule has 1 heterocycles. The van der Waals surface area contributed by atoms with Crippen molar-refractivity contribution in [1.82, 2.24) is 0 Å². The number of ether oxygens (including phenoxy) is 2. The van der Waals surface area contributed by atoms with Crippen LogP contribution in [0.4, 0.5) is 8.78 Å². The number of alkyl halides is 2. The molecule has 0 aromatic rings. The second-order valence-corrected chi connectivity index (χ2v) is 10.7. The molecule has 5 aliphatic rings. The molecule has 0 bridgehead atoms. The SMILES string of the molecule is CCCC1O[C@@H]2C[C@H]3[C@@H]4C[C@H](F)C5=CC(=O)C=C[C@]5(C)[C@@]4(F)[C@@H](O)C[C@]3(C)[C@]2(C)O1. The number of rotatable bonds is 2. The Morgan fingerprint density at radius 2 is 1.97 bits per heavy atom. The van der Waals surface area contributed by atoms with E-state index in [2.05, 4.69) is 13.8 Å². The van der Waals surface area contributed by atoms with Gasteiger partial charge in [-0.15, -0.1) is 0 Å². The van der Waals surface area contributed by atoms with Crippen LogP contribution in [-0.4, -0.2) is 46.8 Å². The van der Waals surface area contributed by atoms with E-state index < -0.39 is 40.3 Å². The van der Waals surface area contributed by atoms with E-state index in [0.717, 1.165) is 12.8 Å². The van der Waals surface area contributed by atoms with Gasteiger partial charge < -0.3 is 14.6 Å². The van der Waals surface area contributed by atoms with E-state index in [0.29, 0.717) is 6.42 Å². The van der Waals surface area contributed by atoms with Crippen molar-refractivity contribution in [1.29, 1.82) is 0 Å². The van der Waals surface area contributed by atoms with E-state index in [9.17, 15) is 9.90 Å². The van der Waals surface area contributed by atoms with Crippen molar-refractivity contribution < 1.29 is 28.2 Å². The number of aliphatic hydroxyl groups excluding tert-OH is 1. The molecule has 5 rings (SSSR count). The lowest BCUT2D eigenvalue weighted by Crippen LogP contribution is -2.69. The number of fused-ring (bicyclic) bond motifs is 7. The fraction of sp³-hybridized carbons (Fsp3) is 0.792. The van der Waals surface area contributed by atoms with Crippen molar-refractivity contribution in [3.8, 4) is 0 Å². The molecule has 1 saturated heterocycles. The molecule has 1 aliphatic heterocycles. The van der Waals surface area contributed by atoms with Crippen LogP contribution in [0.25, 0.3) is 0 Å². The summed E-state index contributed by atoms with van der Waals surface area (Å²) < 4.78 is 45.0. The molecule has 4 nitrogen and oxygen atoms in total. The van der Waals surface area contributed by atoms with Crippen molar-refractivity contribution in [2.24, 2.45) is 22.7 Å². The van der Waals surface area contributed by atoms with E-state index >= 15 is 8.78 Å². The predicted octanol–water partition coefficient (Wildman–Crippen LogP) is 4.22. The minimum Gasteiger partial charge on any atom is -0.390 e. The molecule has 4 aliphatic carbocycles. The van der Waals surface area contributed by atoms with Crippen molar-refractivity contribution in [2.45, 2.75) is 95.7 Å². The molecule has 0 spiro atoms. The highest BCUT2D eigenvalue weighted by atomic mass is 19.1. The Labute approximate surface area is 176 Å². The van der Waals surface area contributed by atoms with Crippen LogP contribution < -0.4 is 0 Å². The van der Waals surface area contributed by atoms with Gasteiger partial charge in [0.15, 0.2) is 17.7 Å². The predicted molar refractivity (Wildman–Crippen MR) is 107 cm³/mol. The van der Waals surface area contributed by atoms with Crippen molar-refractivity contribution in [3.05, 3.63) is 23.8 Å². The number of ketones is 1. The molecule has 4 fully saturated rings. The van der Waals surface area contributed by atoms with Gasteiger partial charge in [-0.1, -0.05) is 26.3 Å². The van der Waals surface area contributed by atoms with Crippen molar-refractivity contribution in [3.63, 3.8) is 0 Å². The number of hydrogen-bond donors (Lipinski definition) is 1. The number of aliphatic hydroxyl groups is 1. The molecule has 10 atom stereocenters. The molecule has 0 radical (unpaired) electrons. The maximum absolute atomic E-state index is 17.0. The molecule has 1 N–H and O–H groups in total. The molecule has 30 heavy (non-hydrogen) atoms. The summed E-state index contributed by atoms with van der Waals surface area (Å²) in [6.07, 6.45) is 3.39. The van der Waals surface area contributed by atoms with E-state index in [4.69, 9.17) is 9.47 Å². The maximum Gasteiger partial charge on any atom is 0.178 e. The molecule has 0 aromatic heterocycles. The summed E-state index contributed by atoms with van der Waals surface area (Å²) in [6, 6.07) is 0. The quantitative estimate of drug-likeness (QED) is 0.724. The van der Waals surface area contributed by atoms with E-state index in [-0.39, 0.29) is 42.5 Å². The average molecular weight is 423 g/mol. The Kier molecular flexibility index (Phi) is 4.31. The first-order chi connectivity index (χ1) is 14.0. The minimum absolute atomic E-state index is 0.0302. The summed E-state index contributed by atoms with van der Waals surface area (Å²) in [7, 11) is 0. The lowest BCUT2D eigenvalue weighted by atomic mass is 9.44. The third-order valence-electron chi connectivity index (χ3n) is 9.45. The van der Waals surface area contributed by atoms with E-state index in [1.807, 2.05) is 6.92 Å². The number of halogens is 2. The highest BCUT2D eigenvalue weighted by molar-refractivity contribution is 6.01. The van der Waals surface area contributed by atoms with E-state index in [1.54, 1.807) is 6.92 Å². The van der Waals surface area contributed by atoms with Crippen LogP contribution in [0.3, 0.4) is 0 Å². The first kappa shape index (κ1) is 20.8. The molecule has 6 heteroatoms. The zero-order chi connectivity index (χ0) is 21.7. The molecule has 0 amide bonds. The molecule has 0 aromatic carbocycles. The van der Waals surface area contributed by atoms with Gasteiger partial charge in [-0.25, -0.2) is 8.78 Å². The maximum atomic E-state index is 17.0. The first-order valence-electron chi connectivity index (χ1n) is 11.3. The minimum atomic E-state index is -2.04. The number of carbonyl (C=O) groups excluding carboxylic acids is 1. The van der Waals surface area contributed by atoms with Crippen LogP contribution in [0.2, 0.25) is 0 Å². The van der Waals surface area contributed by atoms with Gasteiger partial charge in [-0.2, -0.15) is 0 Å². The molecular weight excluding hydrogens is 390 g/mol. The van der Waals surface area contributed by atoms with Gasteiger partial charge >= 0.3 is 0 Å². The number of hydrogen-bond acceptors (Lipinski definition) is 4. The van der Waals surface area contributed by atoms with Crippen LogP contribution in [-0.2, 0) is 14.3 Å². The zero-order valence-corrected chi connectivity index (χ0v) is 18.2. The third-order valence-corrected chi connectivity index (χ3v) is 9.45. The zero-order valence-electron chi connectivity index (χ0n) is 18.2. The second-order valence-electron chi connectivity index (χ2n) is 10.7. The Bertz CT molecular complexity index is 841. The monoisotopic (exact) mass is 422 g/mol. The summed E-state index contributed by atoms with van der Waals surface area (Å²) in [4.78, 5) is 11.9. The largest absolute Gasteiger partial charge is 0.390 e. The number of allylic oxidation sites excluding steroid dienone is 4. The molecule has 166 valence electrons. The van der Waals surface area contributed by atoms with Crippen LogP contribution in [0.15, 0.2) is 23.8 Å². The summed E-state index contributed by atoms with van der Waals surface area (Å²) in [5, 5.41) is 11.3. The van der Waals surface area contributed by atoms with Crippen LogP contribution in [0.1, 0.15) is 59.8 Å². The van der Waals surface area contributed by atoms with Gasteiger partial charge in [0.25, 0.3) is 0 Å². The second kappa shape index (κ2) is 6.23. The summed E-state index contributed by atoms with van der Waals surface area (Å²) >= 11 is 0. The van der Waals surface area contributed by atoms with E-state index in [1.165, 1.54) is 18.2 Å². The van der Waals surface area contributed by atoms with Crippen molar-refractivity contribution >= 4 is 5.78 Å². The van der Waals surface area contributed by atoms with Crippen LogP contribution >= 0.6 is 0 Å². The standard InChI is InChI=1S/C24H32F2O4/c1-5-6-20-29-19-11-14-15-10-17(25)16-9-13(27)7-8-21(16,2)24(15,26)18(28)12-22(14,3)23(19,4)30-20/h7-9,14-15,17-20,28H,5-6,10-12H2,1-4H3/t14-,15-,17-,18-,19+,20?,21-,22-,23+,24-/m0/s1. The van der Waals surface area contributed by atoms with Gasteiger partial charge in [-0.3, -0.25) is 4.79 Å². The average Bonchev–Trinajstić information content (AvgIpc) is 3.09. The van der Waals surface area contributed by atoms with Gasteiger partial charge in [-0.05, 0) is 63.2 Å². The van der Waals surface area contributed by atoms with Gasteiger partial charge in [0.2, 0.25) is 0 Å². The summed E-state index contributed by atoms with van der Waals surface area (Å²) in [6.45, 7) is 7.79. The summed E-state index contributed by atoms with van der Waals surface area (Å²) in [5.74, 6) is -1.18. The summed E-state index contributed by atoms with van der Waals surface area (Å²) in [5.41, 5.74) is -4.38. The molecule has 3 saturated carbocycles. The molecular formula is C24H32F2O4. The Hall–Kier alpha value is -1.11. The normalized spacial score (nSPS) is 56.8. The topological polar surface area (TPSA) is 55.8 Å². The van der Waals surface area contributed by atoms with Gasteiger partial charge in [0.05, 0.1) is 12.2 Å². The van der Waals surface area contributed by atoms with Crippen LogP contribution in [0, 0.1) is 22.7 Å². The van der Waals surface area contributed by atoms with Crippen LogP contribution in [0.5, 0.6) is 0 Å². The Balaban J connectivity index is 1.57. The fourth-order valence-electron chi connectivity index (χ4n) is 7.62. The number of carbonyl (C=O) groups is 1. The highest BCUT2D eigenvalue weighted by Gasteiger charge is 2.77. The van der Waals surface area contributed by atoms with Crippen molar-refractivity contribution in [2.75, 3.05) is 0 Å². The molecule has 1 unspecified atom stereocenters.